The van der Waals surface area contributed by atoms with Crippen LogP contribution in [0.1, 0.15) is 38.7 Å². The normalized spacial score (nSPS) is 17.8. The van der Waals surface area contributed by atoms with Gasteiger partial charge in [-0.25, -0.2) is 4.39 Å². The topological polar surface area (TPSA) is 76.0 Å². The summed E-state index contributed by atoms with van der Waals surface area (Å²) in [6.07, 6.45) is 1.81. The summed E-state index contributed by atoms with van der Waals surface area (Å²) in [6, 6.07) is 11.2. The Hall–Kier alpha value is -3.13. The fourth-order valence-corrected chi connectivity index (χ4v) is 4.56. The first kappa shape index (κ1) is 21.1. The molecule has 0 saturated carbocycles. The largest absolute Gasteiger partial charge is 0.339 e. The van der Waals surface area contributed by atoms with Crippen LogP contribution in [0.25, 0.3) is 0 Å². The van der Waals surface area contributed by atoms with Crippen LogP contribution in [0.2, 0.25) is 0 Å². The Labute approximate surface area is 184 Å². The molecular weight excluding hydrogens is 415 g/mol. The standard InChI is InChI=1S/C23H23FN4O2S/c1-12-6-5-7-15(10-12)22(29)25-20-19(14-8-9-17(31-4)16(24)11-14)18-13(2)27-28(3)21(18)26-23(20)30/h5-11,19-20H,1-4H3,(H,25,29)(H,26,30)/t19-,20+/m1/s1. The summed E-state index contributed by atoms with van der Waals surface area (Å²) >= 11 is 1.31. The molecule has 2 atom stereocenters. The molecule has 4 rings (SSSR count). The van der Waals surface area contributed by atoms with Crippen LogP contribution in [0.15, 0.2) is 47.4 Å². The fraction of sp³-hybridized carbons (Fsp3) is 0.261. The number of thioether (sulfide) groups is 1. The number of anilines is 1. The molecule has 1 aliphatic heterocycles. The van der Waals surface area contributed by atoms with Gasteiger partial charge in [0, 0.05) is 29.0 Å². The molecule has 0 saturated heterocycles. The van der Waals surface area contributed by atoms with E-state index in [1.165, 1.54) is 17.8 Å². The van der Waals surface area contributed by atoms with Crippen LogP contribution in [-0.4, -0.2) is 33.9 Å². The molecular formula is C23H23FN4O2S. The quantitative estimate of drug-likeness (QED) is 0.608. The van der Waals surface area contributed by atoms with Gasteiger partial charge in [0.2, 0.25) is 5.91 Å². The number of hydrogen-bond acceptors (Lipinski definition) is 4. The lowest BCUT2D eigenvalue weighted by Gasteiger charge is -2.32. The second-order valence-electron chi connectivity index (χ2n) is 7.65. The van der Waals surface area contributed by atoms with Gasteiger partial charge in [-0.3, -0.25) is 14.3 Å². The lowest BCUT2D eigenvalue weighted by molar-refractivity contribution is -0.118. The first-order valence-electron chi connectivity index (χ1n) is 9.85. The minimum atomic E-state index is -0.914. The van der Waals surface area contributed by atoms with E-state index in [1.54, 1.807) is 48.3 Å². The molecule has 0 unspecified atom stereocenters. The molecule has 160 valence electrons. The molecule has 0 fully saturated rings. The molecule has 0 aliphatic carbocycles. The van der Waals surface area contributed by atoms with Crippen molar-refractivity contribution < 1.29 is 14.0 Å². The second-order valence-corrected chi connectivity index (χ2v) is 8.50. The minimum Gasteiger partial charge on any atom is -0.339 e. The monoisotopic (exact) mass is 438 g/mol. The summed E-state index contributed by atoms with van der Waals surface area (Å²) in [5, 5.41) is 10.2. The van der Waals surface area contributed by atoms with E-state index in [0.717, 1.165) is 11.1 Å². The molecule has 3 aromatic rings. The molecule has 0 bridgehead atoms. The Balaban J connectivity index is 1.80. The van der Waals surface area contributed by atoms with E-state index >= 15 is 0 Å². The molecule has 1 aliphatic rings. The molecule has 2 amide bonds. The van der Waals surface area contributed by atoms with Gasteiger partial charge in [0.05, 0.1) is 5.69 Å². The van der Waals surface area contributed by atoms with Gasteiger partial charge in [0.15, 0.2) is 0 Å². The molecule has 31 heavy (non-hydrogen) atoms. The molecule has 8 heteroatoms. The van der Waals surface area contributed by atoms with Gasteiger partial charge in [0.25, 0.3) is 5.91 Å². The first-order chi connectivity index (χ1) is 14.8. The van der Waals surface area contributed by atoms with Gasteiger partial charge in [-0.1, -0.05) is 23.8 Å². The van der Waals surface area contributed by atoms with E-state index in [0.29, 0.717) is 27.5 Å². The maximum atomic E-state index is 14.7. The smallest absolute Gasteiger partial charge is 0.251 e. The number of carbonyl (C=O) groups is 2. The number of halogens is 1. The van der Waals surface area contributed by atoms with Crippen molar-refractivity contribution in [3.8, 4) is 0 Å². The molecule has 0 radical (unpaired) electrons. The van der Waals surface area contributed by atoms with Crippen LogP contribution >= 0.6 is 11.8 Å². The van der Waals surface area contributed by atoms with Gasteiger partial charge < -0.3 is 10.6 Å². The fourth-order valence-electron chi connectivity index (χ4n) is 4.10. The molecule has 6 nitrogen and oxygen atoms in total. The summed E-state index contributed by atoms with van der Waals surface area (Å²) in [7, 11) is 1.74. The lowest BCUT2D eigenvalue weighted by atomic mass is 9.81. The van der Waals surface area contributed by atoms with Gasteiger partial charge in [-0.15, -0.1) is 11.8 Å². The SMILES string of the molecule is CSc1ccc([C@@H]2c3c(C)nn(C)c3NC(=O)[C@H]2NC(=O)c2cccc(C)c2)cc1F. The van der Waals surface area contributed by atoms with Crippen molar-refractivity contribution in [2.75, 3.05) is 11.6 Å². The number of rotatable bonds is 4. The Bertz CT molecular complexity index is 1190. The number of fused-ring (bicyclic) bond motifs is 1. The van der Waals surface area contributed by atoms with E-state index in [-0.39, 0.29) is 17.6 Å². The second kappa shape index (κ2) is 8.19. The predicted octanol–water partition coefficient (Wildman–Crippen LogP) is 3.78. The zero-order valence-corrected chi connectivity index (χ0v) is 18.5. The Morgan fingerprint density at radius 1 is 1.23 bits per heavy atom. The summed E-state index contributed by atoms with van der Waals surface area (Å²) in [5.74, 6) is -1.10. The van der Waals surface area contributed by atoms with Gasteiger partial charge in [-0.05, 0) is 49.9 Å². The number of hydrogen-bond donors (Lipinski definition) is 2. The highest BCUT2D eigenvalue weighted by molar-refractivity contribution is 7.98. The van der Waals surface area contributed by atoms with Gasteiger partial charge in [0.1, 0.15) is 17.7 Å². The summed E-state index contributed by atoms with van der Waals surface area (Å²) in [5.41, 5.74) is 3.50. The van der Waals surface area contributed by atoms with Crippen LogP contribution in [0.5, 0.6) is 0 Å². The van der Waals surface area contributed by atoms with Crippen molar-refractivity contribution in [3.63, 3.8) is 0 Å². The van der Waals surface area contributed by atoms with E-state index in [2.05, 4.69) is 15.7 Å². The molecule has 2 heterocycles. The third-order valence-corrected chi connectivity index (χ3v) is 6.31. The summed E-state index contributed by atoms with van der Waals surface area (Å²) < 4.78 is 16.3. The van der Waals surface area contributed by atoms with E-state index in [9.17, 15) is 14.0 Å². The Morgan fingerprint density at radius 2 is 2.00 bits per heavy atom. The van der Waals surface area contributed by atoms with Crippen molar-refractivity contribution >= 4 is 29.4 Å². The molecule has 0 spiro atoms. The van der Waals surface area contributed by atoms with E-state index < -0.39 is 12.0 Å². The maximum absolute atomic E-state index is 14.7. The van der Waals surface area contributed by atoms with Gasteiger partial charge >= 0.3 is 0 Å². The van der Waals surface area contributed by atoms with Crippen LogP contribution in [-0.2, 0) is 11.8 Å². The number of carbonyl (C=O) groups excluding carboxylic acids is 2. The van der Waals surface area contributed by atoms with Gasteiger partial charge in [-0.2, -0.15) is 5.10 Å². The van der Waals surface area contributed by atoms with Crippen molar-refractivity contribution in [1.82, 2.24) is 15.1 Å². The Kier molecular flexibility index (Phi) is 5.58. The average molecular weight is 439 g/mol. The van der Waals surface area contributed by atoms with Crippen molar-refractivity contribution in [3.05, 3.63) is 76.2 Å². The highest BCUT2D eigenvalue weighted by Gasteiger charge is 2.41. The highest BCUT2D eigenvalue weighted by Crippen LogP contribution is 2.40. The Morgan fingerprint density at radius 3 is 2.68 bits per heavy atom. The predicted molar refractivity (Wildman–Crippen MR) is 119 cm³/mol. The van der Waals surface area contributed by atoms with Crippen LogP contribution in [0, 0.1) is 19.7 Å². The summed E-state index contributed by atoms with van der Waals surface area (Å²) in [4.78, 5) is 26.6. The van der Waals surface area contributed by atoms with E-state index in [1.807, 2.05) is 19.9 Å². The average Bonchev–Trinajstić information content (AvgIpc) is 3.01. The third kappa shape index (κ3) is 3.83. The minimum absolute atomic E-state index is 0.358. The summed E-state index contributed by atoms with van der Waals surface area (Å²) in [6.45, 7) is 3.74. The number of amides is 2. The van der Waals surface area contributed by atoms with Crippen LogP contribution in [0.3, 0.4) is 0 Å². The third-order valence-electron chi connectivity index (χ3n) is 5.54. The number of benzene rings is 2. The van der Waals surface area contributed by atoms with Crippen molar-refractivity contribution in [2.24, 2.45) is 7.05 Å². The first-order valence-corrected chi connectivity index (χ1v) is 11.1. The zero-order chi connectivity index (χ0) is 22.3. The maximum Gasteiger partial charge on any atom is 0.251 e. The molecule has 2 N–H and O–H groups in total. The number of nitrogens with zero attached hydrogens (tertiary/aromatic N) is 2. The zero-order valence-electron chi connectivity index (χ0n) is 17.7. The van der Waals surface area contributed by atoms with Crippen LogP contribution in [0.4, 0.5) is 10.2 Å². The van der Waals surface area contributed by atoms with Crippen LogP contribution < -0.4 is 10.6 Å². The molecule has 1 aromatic heterocycles. The number of nitrogens with one attached hydrogen (secondary N) is 2. The molecule has 2 aromatic carbocycles. The lowest BCUT2D eigenvalue weighted by Crippen LogP contribution is -2.50. The van der Waals surface area contributed by atoms with Crippen molar-refractivity contribution in [1.29, 1.82) is 0 Å². The highest BCUT2D eigenvalue weighted by atomic mass is 32.2. The number of aromatic nitrogens is 2. The number of aryl methyl sites for hydroxylation is 3. The van der Waals surface area contributed by atoms with Crippen molar-refractivity contribution in [2.45, 2.75) is 30.7 Å². The van der Waals surface area contributed by atoms with E-state index in [4.69, 9.17) is 0 Å².